The van der Waals surface area contributed by atoms with Gasteiger partial charge in [-0.15, -0.1) is 0 Å². The van der Waals surface area contributed by atoms with Gasteiger partial charge in [0, 0.05) is 37.7 Å². The number of esters is 3. The van der Waals surface area contributed by atoms with Crippen LogP contribution in [0, 0.1) is 23.2 Å². The van der Waals surface area contributed by atoms with Gasteiger partial charge < -0.3 is 38.6 Å². The molecule has 3 aliphatic heterocycles. The summed E-state index contributed by atoms with van der Waals surface area (Å²) in [5.74, 6) is -5.87. The zero-order valence-electron chi connectivity index (χ0n) is 27.7. The highest BCUT2D eigenvalue weighted by molar-refractivity contribution is 5.74. The molecular formula is C34H50O11. The lowest BCUT2D eigenvalue weighted by molar-refractivity contribution is -0.452. The number of hydrogen-bond donors (Lipinski definition) is 2. The summed E-state index contributed by atoms with van der Waals surface area (Å²) in [7, 11) is 1.63. The first-order chi connectivity index (χ1) is 21.0. The molecule has 3 aliphatic rings. The lowest BCUT2D eigenvalue weighted by Gasteiger charge is -2.61. The molecule has 0 saturated carbocycles. The Morgan fingerprint density at radius 2 is 1.80 bits per heavy atom. The minimum Gasteiger partial charge on any atom is -0.508 e. The van der Waals surface area contributed by atoms with E-state index < -0.39 is 71.7 Å². The molecule has 1 aromatic carbocycles. The van der Waals surface area contributed by atoms with Gasteiger partial charge in [-0.1, -0.05) is 46.8 Å². The van der Waals surface area contributed by atoms with Gasteiger partial charge >= 0.3 is 17.9 Å². The summed E-state index contributed by atoms with van der Waals surface area (Å²) in [5, 5.41) is 21.9. The Balaban J connectivity index is 1.66. The Kier molecular flexibility index (Phi) is 10.6. The number of ether oxygens (including phenoxy) is 6. The summed E-state index contributed by atoms with van der Waals surface area (Å²) < 4.78 is 36.2. The number of fused-ring (bicyclic) bond motifs is 2. The fourth-order valence-electron chi connectivity index (χ4n) is 7.30. The molecule has 3 fully saturated rings. The van der Waals surface area contributed by atoms with Crippen LogP contribution in [0.3, 0.4) is 0 Å². The average Bonchev–Trinajstić information content (AvgIpc) is 2.92. The second-order valence-corrected chi connectivity index (χ2v) is 14.0. The van der Waals surface area contributed by atoms with E-state index in [4.69, 9.17) is 28.4 Å². The molecule has 0 radical (unpaired) electrons. The van der Waals surface area contributed by atoms with Crippen molar-refractivity contribution in [2.24, 2.45) is 23.2 Å². The van der Waals surface area contributed by atoms with Crippen LogP contribution in [-0.2, 0) is 42.8 Å². The molecule has 3 heterocycles. The van der Waals surface area contributed by atoms with E-state index in [1.807, 2.05) is 33.8 Å². The normalized spacial score (nSPS) is 35.4. The third-order valence-corrected chi connectivity index (χ3v) is 10.0. The van der Waals surface area contributed by atoms with Crippen molar-refractivity contribution in [1.29, 1.82) is 0 Å². The molecule has 252 valence electrons. The maximum Gasteiger partial charge on any atom is 0.311 e. The van der Waals surface area contributed by atoms with Gasteiger partial charge in [-0.25, -0.2) is 0 Å². The minimum atomic E-state index is -1.92. The van der Waals surface area contributed by atoms with E-state index in [0.717, 1.165) is 5.56 Å². The molecule has 10 atom stereocenters. The molecule has 3 bridgehead atoms. The highest BCUT2D eigenvalue weighted by Gasteiger charge is 2.64. The van der Waals surface area contributed by atoms with Gasteiger partial charge in [0.1, 0.15) is 24.1 Å². The van der Waals surface area contributed by atoms with Crippen LogP contribution in [0.1, 0.15) is 98.7 Å². The fraction of sp³-hybridized carbons (Fsp3) is 0.735. The van der Waals surface area contributed by atoms with Gasteiger partial charge in [0.05, 0.1) is 25.0 Å². The first kappa shape index (κ1) is 35.1. The number of rotatable bonds is 8. The topological polar surface area (TPSA) is 147 Å². The van der Waals surface area contributed by atoms with Crippen molar-refractivity contribution >= 4 is 17.9 Å². The molecule has 11 nitrogen and oxygen atoms in total. The Hall–Kier alpha value is -2.73. The van der Waals surface area contributed by atoms with E-state index in [1.165, 1.54) is 6.92 Å². The summed E-state index contributed by atoms with van der Waals surface area (Å²) in [6.45, 7) is 12.6. The number of carbonyl (C=O) groups is 3. The fourth-order valence-corrected chi connectivity index (χ4v) is 7.30. The van der Waals surface area contributed by atoms with Crippen molar-refractivity contribution in [1.82, 2.24) is 0 Å². The van der Waals surface area contributed by atoms with Crippen molar-refractivity contribution in [3.63, 3.8) is 0 Å². The zero-order valence-corrected chi connectivity index (χ0v) is 27.7. The molecule has 3 saturated heterocycles. The standard InChI is InChI=1S/C34H50O11/c1-19(12-13-26(40-8)24-10-9-11-25(36)14-24)31-21(3)28-17-34(44-31)32(6,7)16-20(2)33(39,45-34)18-30(38)42-27(15-29(37)43-28)22(4)41-23(5)35/h9-11,14,19-22,26-28,31,36,39H,12-13,15-18H2,1-8H3/t19?,20-,21+,22?,26?,27?,28?,31-,33+,34+/m1/s1. The number of cyclic esters (lactones) is 1. The minimum absolute atomic E-state index is 0.0604. The van der Waals surface area contributed by atoms with Crippen LogP contribution in [-0.4, -0.2) is 71.2 Å². The first-order valence-electron chi connectivity index (χ1n) is 16.0. The van der Waals surface area contributed by atoms with Crippen LogP contribution >= 0.6 is 0 Å². The second-order valence-electron chi connectivity index (χ2n) is 14.0. The largest absolute Gasteiger partial charge is 0.508 e. The highest BCUT2D eigenvalue weighted by Crippen LogP contribution is 2.57. The predicted molar refractivity (Wildman–Crippen MR) is 161 cm³/mol. The van der Waals surface area contributed by atoms with Crippen molar-refractivity contribution in [3.8, 4) is 5.75 Å². The number of aliphatic hydroxyl groups is 1. The number of carbonyl (C=O) groups excluding carboxylic acids is 3. The second kappa shape index (κ2) is 13.6. The van der Waals surface area contributed by atoms with E-state index in [2.05, 4.69) is 6.92 Å². The average molecular weight is 635 g/mol. The number of benzene rings is 1. The molecular weight excluding hydrogens is 584 g/mol. The van der Waals surface area contributed by atoms with Gasteiger partial charge in [0.2, 0.25) is 0 Å². The quantitative estimate of drug-likeness (QED) is 0.295. The Labute approximate surface area is 265 Å². The Morgan fingerprint density at radius 1 is 1.09 bits per heavy atom. The van der Waals surface area contributed by atoms with Crippen LogP contribution in [0.2, 0.25) is 0 Å². The van der Waals surface area contributed by atoms with Crippen molar-refractivity contribution in [2.75, 3.05) is 7.11 Å². The van der Waals surface area contributed by atoms with Gasteiger partial charge in [-0.3, -0.25) is 14.4 Å². The van der Waals surface area contributed by atoms with E-state index in [0.29, 0.717) is 19.3 Å². The van der Waals surface area contributed by atoms with Crippen LogP contribution in [0.5, 0.6) is 5.75 Å². The molecule has 0 amide bonds. The van der Waals surface area contributed by atoms with Crippen molar-refractivity contribution in [3.05, 3.63) is 29.8 Å². The van der Waals surface area contributed by atoms with Gasteiger partial charge in [-0.05, 0) is 49.8 Å². The summed E-state index contributed by atoms with van der Waals surface area (Å²) in [6, 6.07) is 6.99. The molecule has 11 heteroatoms. The van der Waals surface area contributed by atoms with Crippen molar-refractivity contribution < 1.29 is 53.0 Å². The smallest absolute Gasteiger partial charge is 0.311 e. The lowest BCUT2D eigenvalue weighted by Crippen LogP contribution is -2.68. The summed E-state index contributed by atoms with van der Waals surface area (Å²) >= 11 is 0. The molecule has 1 spiro atoms. The lowest BCUT2D eigenvalue weighted by atomic mass is 9.66. The third kappa shape index (κ3) is 7.64. The monoisotopic (exact) mass is 634 g/mol. The highest BCUT2D eigenvalue weighted by atomic mass is 16.8. The van der Waals surface area contributed by atoms with Crippen LogP contribution in [0.15, 0.2) is 24.3 Å². The van der Waals surface area contributed by atoms with Gasteiger partial charge in [-0.2, -0.15) is 0 Å². The predicted octanol–water partition coefficient (Wildman–Crippen LogP) is 4.96. The van der Waals surface area contributed by atoms with Gasteiger partial charge in [0.15, 0.2) is 11.6 Å². The SMILES string of the molecule is COC(CCC(C)[C@H]1O[C@@]23CC(OC(=O)CC(C(C)OC(C)=O)OC(=O)C[C@](O)(O2)[C@H](C)CC3(C)C)[C@@H]1C)c1cccc(O)c1. The van der Waals surface area contributed by atoms with E-state index >= 15 is 0 Å². The molecule has 5 unspecified atom stereocenters. The van der Waals surface area contributed by atoms with Crippen LogP contribution in [0.4, 0.5) is 0 Å². The zero-order chi connectivity index (χ0) is 33.3. The number of phenols is 1. The molecule has 1 aromatic rings. The number of methoxy groups -OCH3 is 1. The molecule has 0 aromatic heterocycles. The van der Waals surface area contributed by atoms with Crippen LogP contribution in [0.25, 0.3) is 0 Å². The third-order valence-electron chi connectivity index (χ3n) is 10.0. The maximum absolute atomic E-state index is 13.4. The molecule has 0 aliphatic carbocycles. The Bertz CT molecular complexity index is 1230. The maximum atomic E-state index is 13.4. The molecule has 2 N–H and O–H groups in total. The van der Waals surface area contributed by atoms with E-state index in [-0.39, 0.29) is 36.5 Å². The summed E-state index contributed by atoms with van der Waals surface area (Å²) in [5.41, 5.74) is 0.235. The Morgan fingerprint density at radius 3 is 2.44 bits per heavy atom. The summed E-state index contributed by atoms with van der Waals surface area (Å²) in [4.78, 5) is 38.3. The summed E-state index contributed by atoms with van der Waals surface area (Å²) in [6.07, 6.45) is -2.24. The number of phenolic OH excluding ortho intramolecular Hbond substituents is 1. The van der Waals surface area contributed by atoms with Crippen LogP contribution < -0.4 is 0 Å². The van der Waals surface area contributed by atoms with Crippen molar-refractivity contribution in [2.45, 2.75) is 129 Å². The van der Waals surface area contributed by atoms with E-state index in [1.54, 1.807) is 32.2 Å². The molecule has 45 heavy (non-hydrogen) atoms. The first-order valence-corrected chi connectivity index (χ1v) is 16.0. The number of hydrogen-bond acceptors (Lipinski definition) is 11. The molecule has 4 rings (SSSR count). The number of aromatic hydroxyl groups is 1. The van der Waals surface area contributed by atoms with Gasteiger partial charge in [0.25, 0.3) is 0 Å². The van der Waals surface area contributed by atoms with E-state index in [9.17, 15) is 24.6 Å².